The summed E-state index contributed by atoms with van der Waals surface area (Å²) in [6, 6.07) is -0.344. The molecule has 0 aromatic heterocycles. The Hall–Kier alpha value is -1.10. The van der Waals surface area contributed by atoms with Crippen LogP contribution in [0.3, 0.4) is 0 Å². The largest absolute Gasteiger partial charge is 0.451 e. The highest BCUT2D eigenvalue weighted by atomic mass is 16.5. The van der Waals surface area contributed by atoms with E-state index in [1.807, 2.05) is 18.7 Å². The standard InChI is InChI=1S/C11H22N2O3/c1-5-9(10(12)14)16-11(15)8(4)13(6-2)7-3/h8-9H,5-7H2,1-4H3,(H2,12,14). The van der Waals surface area contributed by atoms with Gasteiger partial charge in [0.25, 0.3) is 5.91 Å². The van der Waals surface area contributed by atoms with Crippen molar-refractivity contribution < 1.29 is 14.3 Å². The Morgan fingerprint density at radius 1 is 1.25 bits per heavy atom. The van der Waals surface area contributed by atoms with Crippen molar-refractivity contribution in [1.29, 1.82) is 0 Å². The average Bonchev–Trinajstić information content (AvgIpc) is 2.26. The third kappa shape index (κ3) is 4.18. The van der Waals surface area contributed by atoms with E-state index in [1.165, 1.54) is 0 Å². The number of nitrogens with two attached hydrogens (primary N) is 1. The third-order valence-electron chi connectivity index (χ3n) is 2.65. The lowest BCUT2D eigenvalue weighted by atomic mass is 10.2. The molecule has 2 unspecified atom stereocenters. The topological polar surface area (TPSA) is 72.6 Å². The number of rotatable bonds is 7. The summed E-state index contributed by atoms with van der Waals surface area (Å²) >= 11 is 0. The number of amides is 1. The molecule has 0 heterocycles. The van der Waals surface area contributed by atoms with E-state index in [9.17, 15) is 9.59 Å². The second kappa shape index (κ2) is 7.22. The number of nitrogens with zero attached hydrogens (tertiary/aromatic N) is 1. The maximum atomic E-state index is 11.7. The van der Waals surface area contributed by atoms with E-state index < -0.39 is 18.0 Å². The zero-order valence-corrected chi connectivity index (χ0v) is 10.5. The lowest BCUT2D eigenvalue weighted by molar-refractivity contribution is -0.159. The first-order chi connectivity index (χ1) is 7.47. The second-order valence-corrected chi connectivity index (χ2v) is 3.63. The molecule has 1 amide bonds. The Morgan fingerprint density at radius 2 is 1.75 bits per heavy atom. The predicted molar refractivity (Wildman–Crippen MR) is 61.7 cm³/mol. The average molecular weight is 230 g/mol. The van der Waals surface area contributed by atoms with E-state index >= 15 is 0 Å². The van der Waals surface area contributed by atoms with Crippen LogP contribution in [0.15, 0.2) is 0 Å². The SMILES string of the molecule is CCC(OC(=O)C(C)N(CC)CC)C(N)=O. The number of carbonyl (C=O) groups is 2. The van der Waals surface area contributed by atoms with E-state index in [0.29, 0.717) is 6.42 Å². The first-order valence-corrected chi connectivity index (χ1v) is 5.71. The van der Waals surface area contributed by atoms with E-state index in [-0.39, 0.29) is 6.04 Å². The smallest absolute Gasteiger partial charge is 0.323 e. The number of ether oxygens (including phenoxy) is 1. The number of hydrogen-bond donors (Lipinski definition) is 1. The van der Waals surface area contributed by atoms with Gasteiger partial charge in [-0.3, -0.25) is 14.5 Å². The van der Waals surface area contributed by atoms with Crippen LogP contribution < -0.4 is 5.73 Å². The molecular formula is C11H22N2O3. The first-order valence-electron chi connectivity index (χ1n) is 5.71. The third-order valence-corrected chi connectivity index (χ3v) is 2.65. The summed E-state index contributed by atoms with van der Waals surface area (Å²) in [6.45, 7) is 8.99. The summed E-state index contributed by atoms with van der Waals surface area (Å²) in [7, 11) is 0. The summed E-state index contributed by atoms with van der Waals surface area (Å²) in [5, 5.41) is 0. The van der Waals surface area contributed by atoms with Gasteiger partial charge in [-0.25, -0.2) is 0 Å². The monoisotopic (exact) mass is 230 g/mol. The molecule has 5 nitrogen and oxygen atoms in total. The molecule has 5 heteroatoms. The number of likely N-dealkylation sites (N-methyl/N-ethyl adjacent to an activating group) is 1. The zero-order valence-electron chi connectivity index (χ0n) is 10.5. The van der Waals surface area contributed by atoms with Crippen LogP contribution in [0.2, 0.25) is 0 Å². The Labute approximate surface area is 96.9 Å². The van der Waals surface area contributed by atoms with Crippen LogP contribution in [-0.2, 0) is 14.3 Å². The van der Waals surface area contributed by atoms with E-state index in [1.54, 1.807) is 13.8 Å². The predicted octanol–water partition coefficient (Wildman–Crippen LogP) is 0.524. The zero-order chi connectivity index (χ0) is 12.7. The maximum absolute atomic E-state index is 11.7. The quantitative estimate of drug-likeness (QED) is 0.647. The summed E-state index contributed by atoms with van der Waals surface area (Å²) in [4.78, 5) is 24.6. The van der Waals surface area contributed by atoms with E-state index in [0.717, 1.165) is 13.1 Å². The summed E-state index contributed by atoms with van der Waals surface area (Å²) in [6.07, 6.45) is -0.406. The van der Waals surface area contributed by atoms with Crippen LogP contribution in [0.4, 0.5) is 0 Å². The molecule has 0 aliphatic rings. The molecule has 0 bridgehead atoms. The van der Waals surface area contributed by atoms with Crippen molar-refractivity contribution in [3.05, 3.63) is 0 Å². The van der Waals surface area contributed by atoms with E-state index in [4.69, 9.17) is 10.5 Å². The van der Waals surface area contributed by atoms with Gasteiger partial charge in [0, 0.05) is 0 Å². The van der Waals surface area contributed by atoms with Gasteiger partial charge < -0.3 is 10.5 Å². The Kier molecular flexibility index (Phi) is 6.72. The van der Waals surface area contributed by atoms with Crippen molar-refractivity contribution in [1.82, 2.24) is 4.90 Å². The molecular weight excluding hydrogens is 208 g/mol. The lowest BCUT2D eigenvalue weighted by Crippen LogP contribution is -2.43. The van der Waals surface area contributed by atoms with Gasteiger partial charge in [0.2, 0.25) is 0 Å². The van der Waals surface area contributed by atoms with Crippen LogP contribution in [0, 0.1) is 0 Å². The second-order valence-electron chi connectivity index (χ2n) is 3.63. The van der Waals surface area contributed by atoms with E-state index in [2.05, 4.69) is 0 Å². The highest BCUT2D eigenvalue weighted by Crippen LogP contribution is 2.05. The summed E-state index contributed by atoms with van der Waals surface area (Å²) in [5.41, 5.74) is 5.11. The molecule has 16 heavy (non-hydrogen) atoms. The molecule has 0 rings (SSSR count). The van der Waals surface area contributed by atoms with Crippen LogP contribution in [0.1, 0.15) is 34.1 Å². The minimum absolute atomic E-state index is 0.344. The van der Waals surface area contributed by atoms with Gasteiger partial charge in [-0.15, -0.1) is 0 Å². The van der Waals surface area contributed by atoms with Gasteiger partial charge in [-0.2, -0.15) is 0 Å². The molecule has 2 atom stereocenters. The van der Waals surface area contributed by atoms with Gasteiger partial charge >= 0.3 is 5.97 Å². The number of carbonyl (C=O) groups excluding carboxylic acids is 2. The van der Waals surface area contributed by atoms with Gasteiger partial charge in [0.05, 0.1) is 0 Å². The number of esters is 1. The highest BCUT2D eigenvalue weighted by Gasteiger charge is 2.25. The van der Waals surface area contributed by atoms with Gasteiger partial charge in [0.1, 0.15) is 6.04 Å². The molecule has 0 aromatic rings. The fraction of sp³-hybridized carbons (Fsp3) is 0.818. The van der Waals surface area contributed by atoms with Gasteiger partial charge in [-0.05, 0) is 26.4 Å². The molecule has 0 aromatic carbocycles. The van der Waals surface area contributed by atoms with Crippen LogP contribution in [-0.4, -0.2) is 42.0 Å². The lowest BCUT2D eigenvalue weighted by Gasteiger charge is -2.25. The number of hydrogen-bond acceptors (Lipinski definition) is 4. The molecule has 0 fully saturated rings. The maximum Gasteiger partial charge on any atom is 0.323 e. The van der Waals surface area contributed by atoms with Crippen LogP contribution in [0.5, 0.6) is 0 Å². The normalized spacial score (nSPS) is 14.6. The van der Waals surface area contributed by atoms with Crippen molar-refractivity contribution >= 4 is 11.9 Å². The molecule has 0 radical (unpaired) electrons. The van der Waals surface area contributed by atoms with Crippen molar-refractivity contribution in [2.45, 2.75) is 46.3 Å². The summed E-state index contributed by atoms with van der Waals surface area (Å²) in [5.74, 6) is -0.989. The molecule has 0 saturated heterocycles. The molecule has 94 valence electrons. The Balaban J connectivity index is 4.38. The molecule has 2 N–H and O–H groups in total. The van der Waals surface area contributed by atoms with Crippen molar-refractivity contribution in [3.8, 4) is 0 Å². The highest BCUT2D eigenvalue weighted by molar-refractivity contribution is 5.83. The summed E-state index contributed by atoms with van der Waals surface area (Å²) < 4.78 is 5.05. The molecule has 0 saturated carbocycles. The molecule has 0 spiro atoms. The molecule has 0 aliphatic carbocycles. The van der Waals surface area contributed by atoms with Crippen molar-refractivity contribution in [2.24, 2.45) is 5.73 Å². The molecule has 0 aliphatic heterocycles. The van der Waals surface area contributed by atoms with Gasteiger partial charge in [-0.1, -0.05) is 20.8 Å². The van der Waals surface area contributed by atoms with Gasteiger partial charge in [0.15, 0.2) is 6.10 Å². The fourth-order valence-corrected chi connectivity index (χ4v) is 1.50. The first kappa shape index (κ1) is 14.9. The minimum atomic E-state index is -0.814. The van der Waals surface area contributed by atoms with Crippen LogP contribution >= 0.6 is 0 Å². The van der Waals surface area contributed by atoms with Crippen molar-refractivity contribution in [3.63, 3.8) is 0 Å². The van der Waals surface area contributed by atoms with Crippen molar-refractivity contribution in [2.75, 3.05) is 13.1 Å². The fourth-order valence-electron chi connectivity index (χ4n) is 1.50. The Morgan fingerprint density at radius 3 is 2.06 bits per heavy atom. The number of primary amides is 1. The minimum Gasteiger partial charge on any atom is -0.451 e. The Bertz CT molecular complexity index is 239. The van der Waals surface area contributed by atoms with Crippen LogP contribution in [0.25, 0.3) is 0 Å².